The first-order valence-corrected chi connectivity index (χ1v) is 5.55. The number of aryl methyl sites for hydroxylation is 1. The minimum Gasteiger partial charge on any atom is -0.326 e. The molecule has 0 radical (unpaired) electrons. The van der Waals surface area contributed by atoms with Gasteiger partial charge in [0.05, 0.1) is 0 Å². The summed E-state index contributed by atoms with van der Waals surface area (Å²) in [5, 5.41) is 5.51. The number of fused-ring (bicyclic) bond motifs is 1. The van der Waals surface area contributed by atoms with Crippen LogP contribution in [0.15, 0.2) is 30.9 Å². The summed E-state index contributed by atoms with van der Waals surface area (Å²) in [7, 11) is 0. The molecule has 1 aromatic rings. The van der Waals surface area contributed by atoms with Crippen molar-refractivity contribution in [3.8, 4) is 0 Å². The summed E-state index contributed by atoms with van der Waals surface area (Å²) in [6.45, 7) is 3.39. The van der Waals surface area contributed by atoms with Crippen molar-refractivity contribution in [3.63, 3.8) is 0 Å². The summed E-state index contributed by atoms with van der Waals surface area (Å²) in [6.07, 6.45) is 3.49. The Morgan fingerprint density at radius 1 is 1.41 bits per heavy atom. The van der Waals surface area contributed by atoms with E-state index in [1.807, 2.05) is 12.1 Å². The Balaban J connectivity index is 2.25. The highest BCUT2D eigenvalue weighted by molar-refractivity contribution is 6.00. The lowest BCUT2D eigenvalue weighted by molar-refractivity contribution is -0.116. The predicted molar refractivity (Wildman–Crippen MR) is 66.8 cm³/mol. The number of nitrogens with one attached hydrogen (secondary N) is 2. The molecule has 4 nitrogen and oxygen atoms in total. The second-order valence-corrected chi connectivity index (χ2v) is 3.97. The molecule has 0 aliphatic carbocycles. The van der Waals surface area contributed by atoms with Crippen LogP contribution in [0.5, 0.6) is 0 Å². The molecule has 0 unspecified atom stereocenters. The van der Waals surface area contributed by atoms with Crippen LogP contribution in [-0.4, -0.2) is 11.8 Å². The van der Waals surface area contributed by atoms with Gasteiger partial charge in [0.2, 0.25) is 11.8 Å². The van der Waals surface area contributed by atoms with E-state index in [0.717, 1.165) is 24.1 Å². The van der Waals surface area contributed by atoms with Crippen LogP contribution in [0.25, 0.3) is 0 Å². The van der Waals surface area contributed by atoms with Crippen molar-refractivity contribution in [3.05, 3.63) is 36.4 Å². The van der Waals surface area contributed by atoms with Crippen LogP contribution in [0, 0.1) is 0 Å². The van der Waals surface area contributed by atoms with E-state index in [9.17, 15) is 9.59 Å². The Bertz CT molecular complexity index is 480. The number of hydrogen-bond acceptors (Lipinski definition) is 2. The highest BCUT2D eigenvalue weighted by Gasteiger charge is 2.13. The monoisotopic (exact) mass is 230 g/mol. The van der Waals surface area contributed by atoms with Crippen molar-refractivity contribution in [1.29, 1.82) is 0 Å². The van der Waals surface area contributed by atoms with Crippen molar-refractivity contribution in [2.75, 3.05) is 10.6 Å². The lowest BCUT2D eigenvalue weighted by atomic mass is 10.1. The first-order valence-electron chi connectivity index (χ1n) is 5.55. The molecular formula is C13H14N2O2. The van der Waals surface area contributed by atoms with E-state index in [-0.39, 0.29) is 11.8 Å². The first kappa shape index (κ1) is 11.4. The van der Waals surface area contributed by atoms with Gasteiger partial charge in [-0.2, -0.15) is 0 Å². The molecule has 0 saturated heterocycles. The van der Waals surface area contributed by atoms with Gasteiger partial charge in [0, 0.05) is 17.8 Å². The molecule has 17 heavy (non-hydrogen) atoms. The SMILES string of the molecule is C=CC(=O)Nc1ccc2c(c1)NC(=O)CCC2. The Morgan fingerprint density at radius 3 is 3.00 bits per heavy atom. The van der Waals surface area contributed by atoms with Gasteiger partial charge in [0.1, 0.15) is 0 Å². The summed E-state index contributed by atoms with van der Waals surface area (Å²) in [4.78, 5) is 22.6. The lowest BCUT2D eigenvalue weighted by Gasteiger charge is -2.09. The van der Waals surface area contributed by atoms with Crippen LogP contribution in [0.3, 0.4) is 0 Å². The minimum atomic E-state index is -0.259. The fourth-order valence-electron chi connectivity index (χ4n) is 1.83. The van der Waals surface area contributed by atoms with Gasteiger partial charge in [-0.05, 0) is 36.6 Å². The molecule has 1 aliphatic rings. The Hall–Kier alpha value is -2.10. The van der Waals surface area contributed by atoms with E-state index in [2.05, 4.69) is 17.2 Å². The second kappa shape index (κ2) is 4.82. The lowest BCUT2D eigenvalue weighted by Crippen LogP contribution is -2.11. The average molecular weight is 230 g/mol. The van der Waals surface area contributed by atoms with E-state index in [1.54, 1.807) is 6.07 Å². The molecular weight excluding hydrogens is 216 g/mol. The highest BCUT2D eigenvalue weighted by atomic mass is 16.2. The molecule has 2 N–H and O–H groups in total. The fourth-order valence-corrected chi connectivity index (χ4v) is 1.83. The molecule has 2 rings (SSSR count). The summed E-state index contributed by atoms with van der Waals surface area (Å²) in [6, 6.07) is 5.54. The molecule has 0 bridgehead atoms. The molecule has 0 aromatic heterocycles. The predicted octanol–water partition coefficient (Wildman–Crippen LogP) is 2.09. The standard InChI is InChI=1S/C13H14N2O2/c1-2-12(16)14-10-7-6-9-4-3-5-13(17)15-11(9)8-10/h2,6-8H,1,3-5H2,(H,14,16)(H,15,17). The molecule has 0 saturated carbocycles. The van der Waals surface area contributed by atoms with Crippen LogP contribution in [0.2, 0.25) is 0 Å². The molecule has 1 aromatic carbocycles. The third-order valence-corrected chi connectivity index (χ3v) is 2.69. The van der Waals surface area contributed by atoms with Gasteiger partial charge >= 0.3 is 0 Å². The fraction of sp³-hybridized carbons (Fsp3) is 0.231. The summed E-state index contributed by atoms with van der Waals surface area (Å²) in [5.74, 6) is -0.235. The van der Waals surface area contributed by atoms with Crippen LogP contribution in [-0.2, 0) is 16.0 Å². The van der Waals surface area contributed by atoms with Crippen LogP contribution < -0.4 is 10.6 Å². The Labute approximate surface area is 99.7 Å². The van der Waals surface area contributed by atoms with Gasteiger partial charge in [-0.25, -0.2) is 0 Å². The van der Waals surface area contributed by atoms with Gasteiger partial charge < -0.3 is 10.6 Å². The number of anilines is 2. The van der Waals surface area contributed by atoms with E-state index in [4.69, 9.17) is 0 Å². The van der Waals surface area contributed by atoms with Crippen molar-refractivity contribution in [2.24, 2.45) is 0 Å². The van der Waals surface area contributed by atoms with Gasteiger partial charge in [0.15, 0.2) is 0 Å². The molecule has 88 valence electrons. The van der Waals surface area contributed by atoms with Crippen molar-refractivity contribution >= 4 is 23.2 Å². The van der Waals surface area contributed by atoms with E-state index < -0.39 is 0 Å². The molecule has 2 amide bonds. The molecule has 0 fully saturated rings. The summed E-state index contributed by atoms with van der Waals surface area (Å²) < 4.78 is 0. The van der Waals surface area contributed by atoms with Crippen molar-refractivity contribution < 1.29 is 9.59 Å². The largest absolute Gasteiger partial charge is 0.326 e. The Kier molecular flexibility index (Phi) is 3.23. The third kappa shape index (κ3) is 2.72. The number of carbonyl (C=O) groups excluding carboxylic acids is 2. The van der Waals surface area contributed by atoms with Crippen LogP contribution in [0.4, 0.5) is 11.4 Å². The third-order valence-electron chi connectivity index (χ3n) is 2.69. The minimum absolute atomic E-state index is 0.0240. The van der Waals surface area contributed by atoms with E-state index >= 15 is 0 Å². The zero-order chi connectivity index (χ0) is 12.3. The highest BCUT2D eigenvalue weighted by Crippen LogP contribution is 2.25. The van der Waals surface area contributed by atoms with Gasteiger partial charge in [-0.1, -0.05) is 12.6 Å². The van der Waals surface area contributed by atoms with Gasteiger partial charge in [-0.3, -0.25) is 9.59 Å². The topological polar surface area (TPSA) is 58.2 Å². The first-order chi connectivity index (χ1) is 8.19. The number of hydrogen-bond donors (Lipinski definition) is 2. The maximum Gasteiger partial charge on any atom is 0.247 e. The molecule has 4 heteroatoms. The van der Waals surface area contributed by atoms with Crippen LogP contribution in [0.1, 0.15) is 18.4 Å². The summed E-state index contributed by atoms with van der Waals surface area (Å²) >= 11 is 0. The number of rotatable bonds is 2. The maximum absolute atomic E-state index is 11.4. The molecule has 0 atom stereocenters. The normalized spacial score (nSPS) is 14.2. The Morgan fingerprint density at radius 2 is 2.24 bits per heavy atom. The zero-order valence-corrected chi connectivity index (χ0v) is 9.45. The number of amides is 2. The second-order valence-electron chi connectivity index (χ2n) is 3.97. The van der Waals surface area contributed by atoms with Gasteiger partial charge in [-0.15, -0.1) is 0 Å². The summed E-state index contributed by atoms with van der Waals surface area (Å²) in [5.41, 5.74) is 2.55. The smallest absolute Gasteiger partial charge is 0.247 e. The average Bonchev–Trinajstić information content (AvgIpc) is 2.49. The van der Waals surface area contributed by atoms with Gasteiger partial charge in [0.25, 0.3) is 0 Å². The maximum atomic E-state index is 11.4. The quantitative estimate of drug-likeness (QED) is 0.764. The zero-order valence-electron chi connectivity index (χ0n) is 9.45. The number of carbonyl (C=O) groups is 2. The molecule has 0 spiro atoms. The molecule has 1 heterocycles. The number of benzene rings is 1. The van der Waals surface area contributed by atoms with E-state index in [1.165, 1.54) is 6.08 Å². The van der Waals surface area contributed by atoms with E-state index in [0.29, 0.717) is 12.1 Å². The van der Waals surface area contributed by atoms with Crippen LogP contribution >= 0.6 is 0 Å². The van der Waals surface area contributed by atoms with Crippen molar-refractivity contribution in [2.45, 2.75) is 19.3 Å². The van der Waals surface area contributed by atoms with Crippen molar-refractivity contribution in [1.82, 2.24) is 0 Å². The molecule has 1 aliphatic heterocycles.